The van der Waals surface area contributed by atoms with Crippen molar-refractivity contribution in [3.05, 3.63) is 54.2 Å². The predicted molar refractivity (Wildman–Crippen MR) is 93.5 cm³/mol. The van der Waals surface area contributed by atoms with Crippen LogP contribution in [0.25, 0.3) is 0 Å². The third-order valence-corrected chi connectivity index (χ3v) is 3.72. The minimum absolute atomic E-state index is 0.158. The van der Waals surface area contributed by atoms with Crippen molar-refractivity contribution in [1.82, 2.24) is 20.6 Å². The van der Waals surface area contributed by atoms with Gasteiger partial charge in [-0.05, 0) is 35.6 Å². The number of nitrogens with one attached hydrogen (secondary N) is 4. The van der Waals surface area contributed by atoms with Crippen molar-refractivity contribution < 1.29 is 4.79 Å². The first-order valence-electron chi connectivity index (χ1n) is 6.50. The van der Waals surface area contributed by atoms with Gasteiger partial charge in [-0.15, -0.1) is 5.10 Å². The van der Waals surface area contributed by atoms with Crippen LogP contribution in [0.4, 0.5) is 5.82 Å². The summed E-state index contributed by atoms with van der Waals surface area (Å²) in [5, 5.41) is 12.1. The molecule has 0 radical (unpaired) electrons. The van der Waals surface area contributed by atoms with E-state index in [2.05, 4.69) is 48.6 Å². The van der Waals surface area contributed by atoms with Gasteiger partial charge >= 0.3 is 5.69 Å². The monoisotopic (exact) mass is 428 g/mol. The second-order valence-corrected chi connectivity index (χ2v) is 5.64. The van der Waals surface area contributed by atoms with Gasteiger partial charge in [-0.3, -0.25) is 14.6 Å². The molecule has 1 aromatic heterocycles. The van der Waals surface area contributed by atoms with Crippen LogP contribution in [-0.2, 0) is 4.79 Å². The number of rotatable bonds is 5. The highest BCUT2D eigenvalue weighted by atomic mass is 127. The molecule has 2 rings (SSSR count). The molecule has 0 aliphatic rings. The summed E-state index contributed by atoms with van der Waals surface area (Å²) in [4.78, 5) is 36.2. The quantitative estimate of drug-likeness (QED) is 0.303. The highest BCUT2D eigenvalue weighted by molar-refractivity contribution is 14.1. The lowest BCUT2D eigenvalue weighted by Gasteiger charge is -2.11. The Bertz CT molecular complexity index is 844. The van der Waals surface area contributed by atoms with Gasteiger partial charge in [0.15, 0.2) is 0 Å². The fraction of sp³-hybridized carbons (Fsp3) is 0.154. The fourth-order valence-corrected chi connectivity index (χ4v) is 2.08. The lowest BCUT2D eigenvalue weighted by molar-refractivity contribution is -0.121. The predicted octanol–water partition coefficient (Wildman–Crippen LogP) is 0.0135. The number of carbonyl (C=O) groups is 1. The van der Waals surface area contributed by atoms with Gasteiger partial charge in [0.1, 0.15) is 6.04 Å². The summed E-state index contributed by atoms with van der Waals surface area (Å²) in [6.45, 7) is 1.53. The van der Waals surface area contributed by atoms with E-state index in [1.54, 1.807) is 0 Å². The number of hydrogen-bond acceptors (Lipinski definition) is 6. The fourth-order valence-electron chi connectivity index (χ4n) is 1.56. The lowest BCUT2D eigenvalue weighted by Crippen LogP contribution is -2.38. The molecule has 0 saturated heterocycles. The Labute approximate surface area is 143 Å². The van der Waals surface area contributed by atoms with Crippen LogP contribution in [0.5, 0.6) is 0 Å². The molecule has 4 N–H and O–H groups in total. The first-order chi connectivity index (χ1) is 11.0. The Hall–Kier alpha value is -2.50. The molecule has 9 nitrogen and oxygen atoms in total. The largest absolute Gasteiger partial charge is 0.353 e. The van der Waals surface area contributed by atoms with Crippen molar-refractivity contribution in [2.45, 2.75) is 13.0 Å². The SMILES string of the molecule is CC(Nc1n[nH]c(=O)[nH]c1=O)C(=O)NN=Cc1ccccc1I. The number of benzene rings is 1. The molecular weight excluding hydrogens is 415 g/mol. The van der Waals surface area contributed by atoms with Crippen LogP contribution in [0.1, 0.15) is 12.5 Å². The van der Waals surface area contributed by atoms with E-state index < -0.39 is 23.2 Å². The van der Waals surface area contributed by atoms with E-state index in [9.17, 15) is 14.4 Å². The van der Waals surface area contributed by atoms with Crippen molar-refractivity contribution in [1.29, 1.82) is 0 Å². The van der Waals surface area contributed by atoms with Gasteiger partial charge in [0, 0.05) is 9.13 Å². The summed E-state index contributed by atoms with van der Waals surface area (Å²) in [5.74, 6) is -0.617. The van der Waals surface area contributed by atoms with Crippen molar-refractivity contribution >= 4 is 40.5 Å². The summed E-state index contributed by atoms with van der Waals surface area (Å²) in [6.07, 6.45) is 1.53. The van der Waals surface area contributed by atoms with E-state index in [0.29, 0.717) is 0 Å². The zero-order valence-electron chi connectivity index (χ0n) is 12.0. The Balaban J connectivity index is 1.96. The van der Waals surface area contributed by atoms with Crippen LogP contribution in [0.3, 0.4) is 0 Å². The molecule has 0 spiro atoms. The average molecular weight is 428 g/mol. The zero-order valence-corrected chi connectivity index (χ0v) is 14.1. The molecular formula is C13H13IN6O3. The molecule has 1 aromatic carbocycles. The molecule has 0 aliphatic heterocycles. The maximum absolute atomic E-state index is 11.9. The zero-order chi connectivity index (χ0) is 16.8. The Kier molecular flexibility index (Phi) is 5.62. The number of nitrogens with zero attached hydrogens (tertiary/aromatic N) is 2. The minimum Gasteiger partial charge on any atom is -0.353 e. The van der Waals surface area contributed by atoms with Gasteiger partial charge in [-0.2, -0.15) is 5.10 Å². The van der Waals surface area contributed by atoms with Crippen LogP contribution in [0, 0.1) is 3.57 Å². The van der Waals surface area contributed by atoms with E-state index in [1.165, 1.54) is 13.1 Å². The normalized spacial score (nSPS) is 12.1. The number of aromatic amines is 2. The molecule has 23 heavy (non-hydrogen) atoms. The Morgan fingerprint density at radius 3 is 2.83 bits per heavy atom. The molecule has 0 saturated carbocycles. The van der Waals surface area contributed by atoms with Crippen LogP contribution in [0.2, 0.25) is 0 Å². The second kappa shape index (κ2) is 7.67. The van der Waals surface area contributed by atoms with Gasteiger partial charge in [0.05, 0.1) is 6.21 Å². The van der Waals surface area contributed by atoms with Crippen molar-refractivity contribution in [3.8, 4) is 0 Å². The van der Waals surface area contributed by atoms with Crippen molar-refractivity contribution in [2.24, 2.45) is 5.10 Å². The molecule has 0 fully saturated rings. The molecule has 10 heteroatoms. The van der Waals surface area contributed by atoms with Crippen molar-refractivity contribution in [3.63, 3.8) is 0 Å². The van der Waals surface area contributed by atoms with Gasteiger partial charge in [0.2, 0.25) is 5.82 Å². The van der Waals surface area contributed by atoms with E-state index in [0.717, 1.165) is 9.13 Å². The van der Waals surface area contributed by atoms with E-state index in [4.69, 9.17) is 0 Å². The maximum Gasteiger partial charge on any atom is 0.342 e. The van der Waals surface area contributed by atoms with E-state index in [-0.39, 0.29) is 5.82 Å². The second-order valence-electron chi connectivity index (χ2n) is 4.48. The van der Waals surface area contributed by atoms with E-state index in [1.807, 2.05) is 29.2 Å². The molecule has 1 heterocycles. The number of hydrogen-bond donors (Lipinski definition) is 4. The molecule has 1 amide bonds. The number of carbonyl (C=O) groups excluding carboxylic acids is 1. The van der Waals surface area contributed by atoms with Crippen LogP contribution >= 0.6 is 22.6 Å². The Morgan fingerprint density at radius 1 is 1.39 bits per heavy atom. The first kappa shape index (κ1) is 16.9. The molecule has 120 valence electrons. The van der Waals surface area contributed by atoms with Gasteiger partial charge in [-0.1, -0.05) is 18.2 Å². The topological polar surface area (TPSA) is 132 Å². The smallest absolute Gasteiger partial charge is 0.342 e. The number of aromatic nitrogens is 3. The van der Waals surface area contributed by atoms with Gasteiger partial charge in [-0.25, -0.2) is 15.3 Å². The third kappa shape index (κ3) is 4.74. The molecule has 1 unspecified atom stereocenters. The molecule has 1 atom stereocenters. The Morgan fingerprint density at radius 2 is 2.13 bits per heavy atom. The third-order valence-electron chi connectivity index (χ3n) is 2.74. The number of hydrazone groups is 1. The summed E-state index contributed by atoms with van der Waals surface area (Å²) >= 11 is 2.16. The van der Waals surface area contributed by atoms with Crippen LogP contribution < -0.4 is 22.0 Å². The maximum atomic E-state index is 11.9. The van der Waals surface area contributed by atoms with Crippen LogP contribution in [-0.4, -0.2) is 33.3 Å². The van der Waals surface area contributed by atoms with Gasteiger partial charge < -0.3 is 5.32 Å². The summed E-state index contributed by atoms with van der Waals surface area (Å²) in [6, 6.07) is 6.77. The number of anilines is 1. The number of halogens is 1. The number of amides is 1. The minimum atomic E-state index is -0.776. The van der Waals surface area contributed by atoms with Crippen molar-refractivity contribution in [2.75, 3.05) is 5.32 Å². The average Bonchev–Trinajstić information content (AvgIpc) is 2.51. The number of H-pyrrole nitrogens is 2. The molecule has 0 bridgehead atoms. The van der Waals surface area contributed by atoms with Gasteiger partial charge in [0.25, 0.3) is 11.5 Å². The lowest BCUT2D eigenvalue weighted by atomic mass is 10.2. The highest BCUT2D eigenvalue weighted by Gasteiger charge is 2.14. The van der Waals surface area contributed by atoms with E-state index >= 15 is 0 Å². The summed E-state index contributed by atoms with van der Waals surface area (Å²) < 4.78 is 0.998. The highest BCUT2D eigenvalue weighted by Crippen LogP contribution is 2.08. The first-order valence-corrected chi connectivity index (χ1v) is 7.58. The standard InChI is InChI=1S/C13H13IN6O3/c1-7(16-10-12(22)17-13(23)20-18-10)11(21)19-15-6-8-4-2-3-5-9(8)14/h2-7H,1H3,(H,16,18)(H,19,21)(H2,17,20,22,23). The molecule has 2 aromatic rings. The summed E-state index contributed by atoms with van der Waals surface area (Å²) in [7, 11) is 0. The molecule has 0 aliphatic carbocycles. The summed E-state index contributed by atoms with van der Waals surface area (Å²) in [5.41, 5.74) is 1.80. The van der Waals surface area contributed by atoms with Crippen LogP contribution in [0.15, 0.2) is 39.0 Å².